The van der Waals surface area contributed by atoms with E-state index in [1.54, 1.807) is 19.2 Å². The number of methoxy groups -OCH3 is 1. The Labute approximate surface area is 119 Å². The second kappa shape index (κ2) is 6.53. The molecule has 0 bridgehead atoms. The molecule has 0 heterocycles. The van der Waals surface area contributed by atoms with E-state index in [-0.39, 0.29) is 11.9 Å². The first-order valence-electron chi connectivity index (χ1n) is 6.69. The Balaban J connectivity index is 2.23. The second-order valence-electron chi connectivity index (χ2n) is 4.96. The van der Waals surface area contributed by atoms with Crippen LogP contribution in [0.15, 0.2) is 42.5 Å². The van der Waals surface area contributed by atoms with Crippen molar-refractivity contribution < 1.29 is 9.13 Å². The lowest BCUT2D eigenvalue weighted by molar-refractivity contribution is 0.414. The molecule has 1 atom stereocenters. The SMILES string of the molecule is CNC(Cc1cccc(OC)c1)c1cc(C)cc(F)c1. The van der Waals surface area contributed by atoms with Gasteiger partial charge in [0.1, 0.15) is 11.6 Å². The highest BCUT2D eigenvalue weighted by Gasteiger charge is 2.12. The van der Waals surface area contributed by atoms with Crippen molar-refractivity contribution in [2.75, 3.05) is 14.2 Å². The lowest BCUT2D eigenvalue weighted by Gasteiger charge is -2.18. The molecule has 20 heavy (non-hydrogen) atoms. The van der Waals surface area contributed by atoms with Crippen LogP contribution in [0.3, 0.4) is 0 Å². The van der Waals surface area contributed by atoms with Crippen LogP contribution in [0, 0.1) is 12.7 Å². The molecule has 0 aromatic heterocycles. The molecule has 0 spiro atoms. The Morgan fingerprint density at radius 1 is 1.20 bits per heavy atom. The van der Waals surface area contributed by atoms with Crippen molar-refractivity contribution in [3.05, 3.63) is 65.0 Å². The summed E-state index contributed by atoms with van der Waals surface area (Å²) in [6.45, 7) is 1.91. The van der Waals surface area contributed by atoms with E-state index in [4.69, 9.17) is 4.74 Å². The molecule has 106 valence electrons. The van der Waals surface area contributed by atoms with E-state index < -0.39 is 0 Å². The summed E-state index contributed by atoms with van der Waals surface area (Å²) in [5.74, 6) is 0.652. The van der Waals surface area contributed by atoms with Crippen LogP contribution in [0.25, 0.3) is 0 Å². The molecular weight excluding hydrogens is 253 g/mol. The van der Waals surface area contributed by atoms with Crippen LogP contribution < -0.4 is 10.1 Å². The van der Waals surface area contributed by atoms with E-state index in [9.17, 15) is 4.39 Å². The van der Waals surface area contributed by atoms with Crippen LogP contribution in [0.5, 0.6) is 5.75 Å². The Kier molecular flexibility index (Phi) is 4.74. The topological polar surface area (TPSA) is 21.3 Å². The third-order valence-corrected chi connectivity index (χ3v) is 3.39. The first-order chi connectivity index (χ1) is 9.62. The summed E-state index contributed by atoms with van der Waals surface area (Å²) in [6, 6.07) is 13.2. The molecule has 0 saturated heterocycles. The molecule has 3 heteroatoms. The van der Waals surface area contributed by atoms with Gasteiger partial charge in [-0.05, 0) is 61.3 Å². The van der Waals surface area contributed by atoms with Crippen LogP contribution in [-0.2, 0) is 6.42 Å². The fourth-order valence-electron chi connectivity index (χ4n) is 2.39. The van der Waals surface area contributed by atoms with Crippen LogP contribution in [-0.4, -0.2) is 14.2 Å². The maximum absolute atomic E-state index is 13.5. The highest BCUT2D eigenvalue weighted by molar-refractivity contribution is 5.32. The van der Waals surface area contributed by atoms with E-state index in [0.717, 1.165) is 28.9 Å². The predicted molar refractivity (Wildman–Crippen MR) is 79.6 cm³/mol. The number of halogens is 1. The normalized spacial score (nSPS) is 12.2. The molecule has 1 unspecified atom stereocenters. The zero-order valence-electron chi connectivity index (χ0n) is 12.1. The van der Waals surface area contributed by atoms with Crippen LogP contribution in [0.1, 0.15) is 22.7 Å². The van der Waals surface area contributed by atoms with Gasteiger partial charge in [-0.1, -0.05) is 18.2 Å². The highest BCUT2D eigenvalue weighted by atomic mass is 19.1. The van der Waals surface area contributed by atoms with Gasteiger partial charge in [0.15, 0.2) is 0 Å². The molecule has 2 rings (SSSR count). The number of nitrogens with one attached hydrogen (secondary N) is 1. The zero-order chi connectivity index (χ0) is 14.5. The van der Waals surface area contributed by atoms with Gasteiger partial charge in [0.05, 0.1) is 7.11 Å². The minimum atomic E-state index is -0.189. The molecule has 0 saturated carbocycles. The molecule has 2 nitrogen and oxygen atoms in total. The van der Waals surface area contributed by atoms with E-state index in [2.05, 4.69) is 11.4 Å². The lowest BCUT2D eigenvalue weighted by atomic mass is 9.97. The third kappa shape index (κ3) is 3.58. The van der Waals surface area contributed by atoms with Gasteiger partial charge >= 0.3 is 0 Å². The van der Waals surface area contributed by atoms with Crippen molar-refractivity contribution in [3.8, 4) is 5.75 Å². The number of likely N-dealkylation sites (N-methyl/N-ethyl adjacent to an activating group) is 1. The summed E-state index contributed by atoms with van der Waals surface area (Å²) in [6.07, 6.45) is 0.788. The van der Waals surface area contributed by atoms with Gasteiger partial charge in [0.2, 0.25) is 0 Å². The van der Waals surface area contributed by atoms with Crippen LogP contribution >= 0.6 is 0 Å². The number of ether oxygens (including phenoxy) is 1. The molecule has 0 aliphatic carbocycles. The van der Waals surface area contributed by atoms with Crippen LogP contribution in [0.2, 0.25) is 0 Å². The van der Waals surface area contributed by atoms with Crippen LogP contribution in [0.4, 0.5) is 4.39 Å². The van der Waals surface area contributed by atoms with Crippen molar-refractivity contribution >= 4 is 0 Å². The van der Waals surface area contributed by atoms with E-state index in [0.29, 0.717) is 0 Å². The number of aryl methyl sites for hydroxylation is 1. The number of hydrogen-bond acceptors (Lipinski definition) is 2. The molecule has 2 aromatic carbocycles. The summed E-state index contributed by atoms with van der Waals surface area (Å²) in [5.41, 5.74) is 3.06. The molecule has 0 fully saturated rings. The molecule has 0 amide bonds. The third-order valence-electron chi connectivity index (χ3n) is 3.39. The Morgan fingerprint density at radius 2 is 2.00 bits per heavy atom. The van der Waals surface area contributed by atoms with E-state index in [1.807, 2.05) is 38.2 Å². The summed E-state index contributed by atoms with van der Waals surface area (Å²) < 4.78 is 18.8. The molecule has 2 aromatic rings. The first kappa shape index (κ1) is 14.5. The minimum absolute atomic E-state index is 0.0801. The smallest absolute Gasteiger partial charge is 0.123 e. The van der Waals surface area contributed by atoms with Crippen molar-refractivity contribution in [1.29, 1.82) is 0 Å². The Morgan fingerprint density at radius 3 is 2.65 bits per heavy atom. The standard InChI is InChI=1S/C17H20FNO/c1-12-7-14(11-15(18)8-12)17(19-2)10-13-5-4-6-16(9-13)20-3/h4-9,11,17,19H,10H2,1-3H3. The maximum Gasteiger partial charge on any atom is 0.123 e. The van der Waals surface area contributed by atoms with Crippen molar-refractivity contribution in [3.63, 3.8) is 0 Å². The summed E-state index contributed by atoms with van der Waals surface area (Å²) in [5, 5.41) is 3.25. The predicted octanol–water partition coefficient (Wildman–Crippen LogP) is 3.65. The fraction of sp³-hybridized carbons (Fsp3) is 0.294. The van der Waals surface area contributed by atoms with Gasteiger partial charge in [-0.25, -0.2) is 4.39 Å². The summed E-state index contributed by atoms with van der Waals surface area (Å²) >= 11 is 0. The number of benzene rings is 2. The largest absolute Gasteiger partial charge is 0.497 e. The maximum atomic E-state index is 13.5. The monoisotopic (exact) mass is 273 g/mol. The van der Waals surface area contributed by atoms with Gasteiger partial charge in [-0.3, -0.25) is 0 Å². The van der Waals surface area contributed by atoms with E-state index >= 15 is 0 Å². The molecular formula is C17H20FNO. The number of rotatable bonds is 5. The number of hydrogen-bond donors (Lipinski definition) is 1. The quantitative estimate of drug-likeness (QED) is 0.898. The van der Waals surface area contributed by atoms with Gasteiger partial charge in [-0.2, -0.15) is 0 Å². The molecule has 0 radical (unpaired) electrons. The Hall–Kier alpha value is -1.87. The Bertz CT molecular complexity index is 563. The fourth-order valence-corrected chi connectivity index (χ4v) is 2.39. The molecule has 1 N–H and O–H groups in total. The second-order valence-corrected chi connectivity index (χ2v) is 4.96. The summed E-state index contributed by atoms with van der Waals surface area (Å²) in [4.78, 5) is 0. The lowest BCUT2D eigenvalue weighted by Crippen LogP contribution is -2.19. The minimum Gasteiger partial charge on any atom is -0.497 e. The van der Waals surface area contributed by atoms with Gasteiger partial charge in [0.25, 0.3) is 0 Å². The van der Waals surface area contributed by atoms with Gasteiger partial charge in [0, 0.05) is 6.04 Å². The van der Waals surface area contributed by atoms with Crippen molar-refractivity contribution in [2.45, 2.75) is 19.4 Å². The summed E-state index contributed by atoms with van der Waals surface area (Å²) in [7, 11) is 3.55. The van der Waals surface area contributed by atoms with Gasteiger partial charge in [-0.15, -0.1) is 0 Å². The van der Waals surface area contributed by atoms with Crippen molar-refractivity contribution in [2.24, 2.45) is 0 Å². The highest BCUT2D eigenvalue weighted by Crippen LogP contribution is 2.22. The zero-order valence-corrected chi connectivity index (χ0v) is 12.1. The average molecular weight is 273 g/mol. The first-order valence-corrected chi connectivity index (χ1v) is 6.69. The average Bonchev–Trinajstić information content (AvgIpc) is 2.44. The van der Waals surface area contributed by atoms with E-state index in [1.165, 1.54) is 0 Å². The van der Waals surface area contributed by atoms with Gasteiger partial charge < -0.3 is 10.1 Å². The molecule has 0 aliphatic heterocycles. The van der Waals surface area contributed by atoms with Crippen molar-refractivity contribution in [1.82, 2.24) is 5.32 Å². The molecule has 0 aliphatic rings.